The van der Waals surface area contributed by atoms with Crippen molar-refractivity contribution in [3.05, 3.63) is 0 Å². The summed E-state index contributed by atoms with van der Waals surface area (Å²) >= 11 is 0. The third-order valence-corrected chi connectivity index (χ3v) is 1.08. The molecule has 0 bridgehead atoms. The molecule has 2 atom stereocenters. The topological polar surface area (TPSA) is 0 Å². The molecule has 0 saturated carbocycles. The van der Waals surface area contributed by atoms with Crippen molar-refractivity contribution in [2.45, 2.75) is 5.91 Å². The summed E-state index contributed by atoms with van der Waals surface area (Å²) in [6.45, 7) is 0. The van der Waals surface area contributed by atoms with Crippen LogP contribution in [0.2, 0.25) is 0 Å². The Bertz CT molecular complexity index is 25.2. The summed E-state index contributed by atoms with van der Waals surface area (Å²) in [7, 11) is 0.640. The molecule has 0 aliphatic carbocycles. The number of halogens is 1. The molecule has 2 heteroatoms. The van der Waals surface area contributed by atoms with Gasteiger partial charge in [-0.1, -0.05) is 8.58 Å². The Morgan fingerprint density at radius 1 is 2.00 bits per heavy atom. The van der Waals surface area contributed by atoms with Crippen molar-refractivity contribution in [1.29, 1.82) is 0 Å². The molecule has 0 nitrogen and oxygen atoms in total. The molecule has 1 heterocycles. The normalized spacial score (nSPS) is 45.8. The van der Waals surface area contributed by atoms with E-state index in [2.05, 4.69) is 0 Å². The number of hydrogen-bond acceptors (Lipinski definition) is 0. The first kappa shape index (κ1) is 2.59. The Labute approximate surface area is 26.2 Å². The van der Waals surface area contributed by atoms with E-state index in [0.717, 1.165) is 6.16 Å². The molecule has 0 radical (unpaired) electrons. The fourth-order valence-electron chi connectivity index (χ4n) is 0.0445. The predicted molar refractivity (Wildman–Crippen MR) is 18.1 cm³/mol. The van der Waals surface area contributed by atoms with Crippen LogP contribution in [0, 0.1) is 0 Å². The predicted octanol–water partition coefficient (Wildman–Crippen LogP) is 0.974. The van der Waals surface area contributed by atoms with E-state index in [-0.39, 0.29) is 5.91 Å². The molecule has 1 rings (SSSR count). The van der Waals surface area contributed by atoms with Crippen molar-refractivity contribution >= 4 is 8.58 Å². The first-order chi connectivity index (χ1) is 1.89. The van der Waals surface area contributed by atoms with Crippen LogP contribution < -0.4 is 0 Å². The molecule has 4 heavy (non-hydrogen) atoms. The number of hydrogen-bond donors (Lipinski definition) is 0. The fraction of sp³-hybridized carbons (Fsp3) is 1.00. The van der Waals surface area contributed by atoms with Crippen molar-refractivity contribution < 1.29 is 4.39 Å². The largest absolute Gasteiger partial charge is 0.242 e. The minimum absolute atomic E-state index is 0.389. The molecule has 1 fully saturated rings. The molecule has 0 N–H and O–H groups in total. The van der Waals surface area contributed by atoms with Gasteiger partial charge in [0.25, 0.3) is 0 Å². The molecule has 1 aliphatic rings. The highest BCUT2D eigenvalue weighted by molar-refractivity contribution is 7.47. The van der Waals surface area contributed by atoms with Gasteiger partial charge in [0.15, 0.2) is 0 Å². The van der Waals surface area contributed by atoms with Gasteiger partial charge in [-0.25, -0.2) is 4.39 Å². The Kier molecular flexibility index (Phi) is 0.422. The lowest BCUT2D eigenvalue weighted by Gasteiger charge is -1.49. The lowest BCUT2D eigenvalue weighted by molar-refractivity contribution is 0.523. The Hall–Kier alpha value is 0.360. The second-order valence-electron chi connectivity index (χ2n) is 0.876. The highest BCUT2D eigenvalue weighted by atomic mass is 31.1. The monoisotopic (exact) mass is 78.0 g/mol. The summed E-state index contributed by atoms with van der Waals surface area (Å²) in [4.78, 5) is 0. The minimum Gasteiger partial charge on any atom is -0.242 e. The van der Waals surface area contributed by atoms with Crippen molar-refractivity contribution in [2.75, 3.05) is 6.16 Å². The average molecular weight is 78.0 g/mol. The summed E-state index contributed by atoms with van der Waals surface area (Å²) in [6.07, 6.45) is 0.847. The van der Waals surface area contributed by atoms with E-state index in [1.54, 1.807) is 0 Å². The standard InChI is InChI=1S/C2H4FP/c3-2-1-4-2/h2,4H,1H2. The van der Waals surface area contributed by atoms with Crippen LogP contribution >= 0.6 is 8.58 Å². The van der Waals surface area contributed by atoms with Gasteiger partial charge in [0, 0.05) is 6.16 Å². The van der Waals surface area contributed by atoms with Gasteiger partial charge in [-0.15, -0.1) is 0 Å². The molecule has 0 aromatic carbocycles. The summed E-state index contributed by atoms with van der Waals surface area (Å²) in [5.41, 5.74) is 0. The van der Waals surface area contributed by atoms with Crippen LogP contribution in [0.25, 0.3) is 0 Å². The van der Waals surface area contributed by atoms with Gasteiger partial charge in [0.1, 0.15) is 5.91 Å². The van der Waals surface area contributed by atoms with Crippen LogP contribution in [0.5, 0.6) is 0 Å². The van der Waals surface area contributed by atoms with Crippen molar-refractivity contribution in [3.8, 4) is 0 Å². The van der Waals surface area contributed by atoms with Gasteiger partial charge in [0.05, 0.1) is 0 Å². The van der Waals surface area contributed by atoms with Gasteiger partial charge in [-0.2, -0.15) is 0 Å². The van der Waals surface area contributed by atoms with E-state index >= 15 is 0 Å². The van der Waals surface area contributed by atoms with E-state index in [0.29, 0.717) is 8.58 Å². The molecule has 0 spiro atoms. The highest BCUT2D eigenvalue weighted by Crippen LogP contribution is 2.38. The van der Waals surface area contributed by atoms with E-state index in [4.69, 9.17) is 0 Å². The number of rotatable bonds is 0. The first-order valence-corrected chi connectivity index (χ1v) is 2.55. The van der Waals surface area contributed by atoms with Gasteiger partial charge >= 0.3 is 0 Å². The Morgan fingerprint density at radius 2 is 2.25 bits per heavy atom. The van der Waals surface area contributed by atoms with Crippen LogP contribution in [0.3, 0.4) is 0 Å². The zero-order valence-electron chi connectivity index (χ0n) is 2.16. The fourth-order valence-corrected chi connectivity index (χ4v) is 0.134. The first-order valence-electron chi connectivity index (χ1n) is 1.27. The molecular weight excluding hydrogens is 74.0 g/mol. The van der Waals surface area contributed by atoms with Gasteiger partial charge in [-0.05, 0) is 0 Å². The lowest BCUT2D eigenvalue weighted by atomic mass is 10.9. The Morgan fingerprint density at radius 3 is 2.25 bits per heavy atom. The summed E-state index contributed by atoms with van der Waals surface area (Å²) in [5.74, 6) is -0.389. The molecule has 2 unspecified atom stereocenters. The second-order valence-corrected chi connectivity index (χ2v) is 2.32. The van der Waals surface area contributed by atoms with Crippen LogP contribution in [-0.2, 0) is 0 Å². The molecule has 0 amide bonds. The van der Waals surface area contributed by atoms with Gasteiger partial charge in [0.2, 0.25) is 0 Å². The van der Waals surface area contributed by atoms with Crippen LogP contribution in [0.15, 0.2) is 0 Å². The third-order valence-electron chi connectivity index (χ3n) is 0.358. The van der Waals surface area contributed by atoms with Crippen LogP contribution in [0.4, 0.5) is 4.39 Å². The summed E-state index contributed by atoms with van der Waals surface area (Å²) in [5, 5.41) is 0. The zero-order valence-corrected chi connectivity index (χ0v) is 3.16. The molecule has 1 aliphatic heterocycles. The molecule has 0 aromatic heterocycles. The molecule has 24 valence electrons. The number of alkyl halides is 1. The maximum absolute atomic E-state index is 11.1. The lowest BCUT2D eigenvalue weighted by Crippen LogP contribution is -1.52. The quantitative estimate of drug-likeness (QED) is 0.379. The van der Waals surface area contributed by atoms with E-state index in [1.807, 2.05) is 0 Å². The zero-order chi connectivity index (χ0) is 2.99. The van der Waals surface area contributed by atoms with Crippen LogP contribution in [-0.4, -0.2) is 12.1 Å². The molecule has 0 aromatic rings. The van der Waals surface area contributed by atoms with E-state index < -0.39 is 0 Å². The van der Waals surface area contributed by atoms with Crippen molar-refractivity contribution in [1.82, 2.24) is 0 Å². The smallest absolute Gasteiger partial charge is 0.120 e. The van der Waals surface area contributed by atoms with Gasteiger partial charge in [-0.3, -0.25) is 0 Å². The second kappa shape index (κ2) is 0.651. The molecule has 1 saturated heterocycles. The Balaban J connectivity index is 2.17. The van der Waals surface area contributed by atoms with Crippen LogP contribution in [0.1, 0.15) is 0 Å². The van der Waals surface area contributed by atoms with E-state index in [1.165, 1.54) is 0 Å². The highest BCUT2D eigenvalue weighted by Gasteiger charge is 2.18. The van der Waals surface area contributed by atoms with Crippen molar-refractivity contribution in [3.63, 3.8) is 0 Å². The van der Waals surface area contributed by atoms with Crippen molar-refractivity contribution in [2.24, 2.45) is 0 Å². The summed E-state index contributed by atoms with van der Waals surface area (Å²) < 4.78 is 11.1. The SMILES string of the molecule is FC1CP1. The summed E-state index contributed by atoms with van der Waals surface area (Å²) in [6, 6.07) is 0. The maximum Gasteiger partial charge on any atom is 0.120 e. The van der Waals surface area contributed by atoms with E-state index in [9.17, 15) is 4.39 Å². The average Bonchev–Trinajstić information content (AvgIpc) is 1.75. The third kappa shape index (κ3) is 0.387. The maximum atomic E-state index is 11.1. The minimum atomic E-state index is -0.389. The molecular formula is C2H4FP. The van der Waals surface area contributed by atoms with Gasteiger partial charge < -0.3 is 0 Å².